The van der Waals surface area contributed by atoms with E-state index in [0.29, 0.717) is 36.5 Å². The number of urea groups is 1. The number of benzene rings is 2. The van der Waals surface area contributed by atoms with Crippen molar-refractivity contribution in [2.24, 2.45) is 5.92 Å². The third-order valence-electron chi connectivity index (χ3n) is 6.30. The normalized spacial score (nSPS) is 20.9. The highest BCUT2D eigenvalue weighted by molar-refractivity contribution is 6.09. The number of nitrogens with zero attached hydrogens (tertiary/aromatic N) is 2. The molecule has 2 aliphatic rings. The maximum Gasteiger partial charge on any atom is 0.325 e. The molecule has 4 rings (SSSR count). The van der Waals surface area contributed by atoms with Gasteiger partial charge in [0.2, 0.25) is 11.8 Å². The van der Waals surface area contributed by atoms with Gasteiger partial charge in [-0.1, -0.05) is 18.2 Å². The number of hydrogen-bond acceptors (Lipinski definition) is 4. The summed E-state index contributed by atoms with van der Waals surface area (Å²) < 4.78 is 28.0. The van der Waals surface area contributed by atoms with Gasteiger partial charge in [-0.15, -0.1) is 0 Å². The number of piperidine rings is 1. The van der Waals surface area contributed by atoms with Crippen LogP contribution in [0.3, 0.4) is 0 Å². The molecule has 0 spiro atoms. The number of halogens is 2. The molecule has 34 heavy (non-hydrogen) atoms. The molecule has 2 aliphatic heterocycles. The average Bonchev–Trinajstić information content (AvgIpc) is 3.05. The van der Waals surface area contributed by atoms with Crippen LogP contribution in [0.2, 0.25) is 0 Å². The Hall–Kier alpha value is -3.82. The van der Waals surface area contributed by atoms with Crippen LogP contribution in [-0.4, -0.2) is 53.2 Å². The first-order chi connectivity index (χ1) is 16.2. The fourth-order valence-corrected chi connectivity index (χ4v) is 4.30. The molecule has 178 valence electrons. The number of carbonyl (C=O) groups is 4. The Morgan fingerprint density at radius 1 is 1.09 bits per heavy atom. The van der Waals surface area contributed by atoms with Crippen molar-refractivity contribution in [2.75, 3.05) is 25.0 Å². The Morgan fingerprint density at radius 2 is 1.76 bits per heavy atom. The molecule has 2 saturated heterocycles. The molecule has 2 aromatic rings. The molecule has 5 amide bonds. The number of para-hydroxylation sites is 1. The van der Waals surface area contributed by atoms with Crippen LogP contribution in [0.4, 0.5) is 19.3 Å². The third kappa shape index (κ3) is 4.48. The summed E-state index contributed by atoms with van der Waals surface area (Å²) in [4.78, 5) is 52.9. The number of rotatable bonds is 5. The summed E-state index contributed by atoms with van der Waals surface area (Å²) in [5.74, 6) is -3.29. The zero-order chi connectivity index (χ0) is 24.5. The molecule has 1 atom stereocenters. The number of hydrogen-bond donors (Lipinski definition) is 2. The van der Waals surface area contributed by atoms with E-state index in [4.69, 9.17) is 0 Å². The van der Waals surface area contributed by atoms with Crippen molar-refractivity contribution in [3.05, 3.63) is 65.7 Å². The van der Waals surface area contributed by atoms with Crippen LogP contribution in [0.1, 0.15) is 25.3 Å². The van der Waals surface area contributed by atoms with Gasteiger partial charge in [-0.3, -0.25) is 19.3 Å². The van der Waals surface area contributed by atoms with Crippen molar-refractivity contribution in [1.29, 1.82) is 0 Å². The number of likely N-dealkylation sites (tertiary alicyclic amines) is 1. The van der Waals surface area contributed by atoms with Gasteiger partial charge in [0.1, 0.15) is 23.7 Å². The van der Waals surface area contributed by atoms with Gasteiger partial charge in [0, 0.05) is 30.3 Å². The lowest BCUT2D eigenvalue weighted by Crippen LogP contribution is -2.47. The minimum atomic E-state index is -1.83. The molecule has 2 aromatic carbocycles. The third-order valence-corrected chi connectivity index (χ3v) is 6.30. The molecule has 2 heterocycles. The zero-order valence-electron chi connectivity index (χ0n) is 18.5. The summed E-state index contributed by atoms with van der Waals surface area (Å²) in [5, 5.41) is 5.23. The summed E-state index contributed by atoms with van der Waals surface area (Å²) in [6.45, 7) is 1.33. The van der Waals surface area contributed by atoms with Crippen LogP contribution in [0, 0.1) is 17.6 Å². The molecule has 0 bridgehead atoms. The van der Waals surface area contributed by atoms with Crippen LogP contribution in [0.15, 0.2) is 48.5 Å². The van der Waals surface area contributed by atoms with E-state index >= 15 is 0 Å². The molecule has 0 saturated carbocycles. The minimum absolute atomic E-state index is 0.125. The van der Waals surface area contributed by atoms with Crippen molar-refractivity contribution < 1.29 is 28.0 Å². The molecule has 2 fully saturated rings. The smallest absolute Gasteiger partial charge is 0.325 e. The second-order valence-corrected chi connectivity index (χ2v) is 8.58. The van der Waals surface area contributed by atoms with Crippen molar-refractivity contribution in [2.45, 2.75) is 25.3 Å². The summed E-state index contributed by atoms with van der Waals surface area (Å²) in [5.41, 5.74) is -1.44. The Morgan fingerprint density at radius 3 is 2.44 bits per heavy atom. The number of carbonyl (C=O) groups excluding carboxylic acids is 4. The lowest BCUT2D eigenvalue weighted by atomic mass is 9.91. The van der Waals surface area contributed by atoms with Gasteiger partial charge in [0.25, 0.3) is 5.91 Å². The standard InChI is InChI=1S/C24H24F2N4O4/c1-24(18-13-16(25)7-8-19(18)26)22(33)30(23(34)28-24)14-20(31)29-11-9-15(10-12-29)21(32)27-17-5-3-2-4-6-17/h2-8,13,15H,9-12,14H2,1H3,(H,27,32)(H,28,34)/t24-/m1/s1. The van der Waals surface area contributed by atoms with Crippen LogP contribution in [0.5, 0.6) is 0 Å². The minimum Gasteiger partial charge on any atom is -0.341 e. The Labute approximate surface area is 194 Å². The van der Waals surface area contributed by atoms with E-state index in [1.165, 1.54) is 11.8 Å². The SMILES string of the molecule is C[C@]1(c2cc(F)ccc2F)NC(=O)N(CC(=O)N2CCC(C(=O)Nc3ccccc3)CC2)C1=O. The van der Waals surface area contributed by atoms with Gasteiger partial charge in [0.05, 0.1) is 0 Å². The highest BCUT2D eigenvalue weighted by atomic mass is 19.1. The highest BCUT2D eigenvalue weighted by Gasteiger charge is 2.51. The summed E-state index contributed by atoms with van der Waals surface area (Å²) in [6, 6.07) is 10.8. The average molecular weight is 470 g/mol. The van der Waals surface area contributed by atoms with Crippen LogP contribution < -0.4 is 10.6 Å². The maximum atomic E-state index is 14.3. The quantitative estimate of drug-likeness (QED) is 0.657. The predicted molar refractivity (Wildman–Crippen MR) is 118 cm³/mol. The number of imide groups is 1. The van der Waals surface area contributed by atoms with Gasteiger partial charge in [-0.05, 0) is 50.1 Å². The Balaban J connectivity index is 1.36. The van der Waals surface area contributed by atoms with Crippen LogP contribution in [-0.2, 0) is 19.9 Å². The van der Waals surface area contributed by atoms with E-state index in [2.05, 4.69) is 10.6 Å². The predicted octanol–water partition coefficient (Wildman–Crippen LogP) is 2.61. The first-order valence-corrected chi connectivity index (χ1v) is 10.9. The molecule has 0 aromatic heterocycles. The zero-order valence-corrected chi connectivity index (χ0v) is 18.5. The van der Waals surface area contributed by atoms with Crippen molar-refractivity contribution >= 4 is 29.4 Å². The van der Waals surface area contributed by atoms with Gasteiger partial charge in [-0.2, -0.15) is 0 Å². The lowest BCUT2D eigenvalue weighted by Gasteiger charge is -2.32. The molecule has 2 N–H and O–H groups in total. The molecule has 8 nitrogen and oxygen atoms in total. The molecular formula is C24H24F2N4O4. The Kier molecular flexibility index (Phi) is 6.32. The van der Waals surface area contributed by atoms with Crippen LogP contribution >= 0.6 is 0 Å². The lowest BCUT2D eigenvalue weighted by molar-refractivity contribution is -0.140. The van der Waals surface area contributed by atoms with E-state index < -0.39 is 41.6 Å². The monoisotopic (exact) mass is 470 g/mol. The molecule has 0 unspecified atom stereocenters. The first-order valence-electron chi connectivity index (χ1n) is 10.9. The maximum absolute atomic E-state index is 14.3. The van der Waals surface area contributed by atoms with E-state index in [1.54, 1.807) is 12.1 Å². The van der Waals surface area contributed by atoms with E-state index in [1.807, 2.05) is 18.2 Å². The van der Waals surface area contributed by atoms with E-state index in [0.717, 1.165) is 18.2 Å². The number of amides is 5. The summed E-state index contributed by atoms with van der Waals surface area (Å²) in [6.07, 6.45) is 0.882. The second-order valence-electron chi connectivity index (χ2n) is 8.58. The summed E-state index contributed by atoms with van der Waals surface area (Å²) in [7, 11) is 0. The molecule has 0 aliphatic carbocycles. The van der Waals surface area contributed by atoms with Gasteiger partial charge in [0.15, 0.2) is 0 Å². The van der Waals surface area contributed by atoms with Gasteiger partial charge >= 0.3 is 6.03 Å². The number of nitrogens with one attached hydrogen (secondary N) is 2. The fraction of sp³-hybridized carbons (Fsp3) is 0.333. The molecule has 10 heteroatoms. The van der Waals surface area contributed by atoms with Crippen LogP contribution in [0.25, 0.3) is 0 Å². The topological polar surface area (TPSA) is 98.8 Å². The van der Waals surface area contributed by atoms with E-state index in [-0.39, 0.29) is 17.4 Å². The first kappa shape index (κ1) is 23.3. The van der Waals surface area contributed by atoms with E-state index in [9.17, 15) is 28.0 Å². The highest BCUT2D eigenvalue weighted by Crippen LogP contribution is 2.31. The van der Waals surface area contributed by atoms with Crippen molar-refractivity contribution in [3.8, 4) is 0 Å². The van der Waals surface area contributed by atoms with Crippen molar-refractivity contribution in [3.63, 3.8) is 0 Å². The summed E-state index contributed by atoms with van der Waals surface area (Å²) >= 11 is 0. The Bertz CT molecular complexity index is 1140. The van der Waals surface area contributed by atoms with Crippen molar-refractivity contribution in [1.82, 2.24) is 15.1 Å². The molecule has 0 radical (unpaired) electrons. The molecular weight excluding hydrogens is 446 g/mol. The van der Waals surface area contributed by atoms with Gasteiger partial charge in [-0.25, -0.2) is 13.6 Å². The second kappa shape index (κ2) is 9.20. The number of anilines is 1. The largest absolute Gasteiger partial charge is 0.341 e. The van der Waals surface area contributed by atoms with Gasteiger partial charge < -0.3 is 15.5 Å². The fourth-order valence-electron chi connectivity index (χ4n) is 4.30.